The van der Waals surface area contributed by atoms with Crippen LogP contribution in [0.1, 0.15) is 31.7 Å². The van der Waals surface area contributed by atoms with Gasteiger partial charge in [-0.15, -0.1) is 0 Å². The minimum Gasteiger partial charge on any atom is -0.389 e. The number of carbonyl (C=O) groups excluding carboxylic acids is 1. The van der Waals surface area contributed by atoms with Crippen LogP contribution in [0.2, 0.25) is 0 Å². The fourth-order valence-corrected chi connectivity index (χ4v) is 2.20. The van der Waals surface area contributed by atoms with Crippen molar-refractivity contribution < 1.29 is 4.79 Å². The molecule has 5 heteroatoms. The predicted molar refractivity (Wildman–Crippen MR) is 88.0 cm³/mol. The Hall–Kier alpha value is -1.46. The SMILES string of the molecule is CCCN(C)CCCC(=O)Nc1ccccc1C(N)=S. The lowest BCUT2D eigenvalue weighted by Gasteiger charge is -2.15. The first-order valence-corrected chi connectivity index (χ1v) is 7.32. The van der Waals surface area contributed by atoms with E-state index in [-0.39, 0.29) is 5.91 Å². The van der Waals surface area contributed by atoms with Crippen molar-refractivity contribution in [2.45, 2.75) is 26.2 Å². The summed E-state index contributed by atoms with van der Waals surface area (Å²) in [5, 5.41) is 2.87. The predicted octanol–water partition coefficient (Wildman–Crippen LogP) is 2.38. The van der Waals surface area contributed by atoms with Crippen molar-refractivity contribution in [2.75, 3.05) is 25.5 Å². The van der Waals surface area contributed by atoms with E-state index in [9.17, 15) is 4.79 Å². The van der Waals surface area contributed by atoms with E-state index in [4.69, 9.17) is 18.0 Å². The van der Waals surface area contributed by atoms with Crippen molar-refractivity contribution in [2.24, 2.45) is 5.73 Å². The van der Waals surface area contributed by atoms with E-state index < -0.39 is 0 Å². The van der Waals surface area contributed by atoms with Gasteiger partial charge in [-0.05, 0) is 45.1 Å². The van der Waals surface area contributed by atoms with Gasteiger partial charge in [0, 0.05) is 12.0 Å². The largest absolute Gasteiger partial charge is 0.389 e. The normalized spacial score (nSPS) is 10.6. The van der Waals surface area contributed by atoms with E-state index in [1.165, 1.54) is 0 Å². The van der Waals surface area contributed by atoms with Gasteiger partial charge >= 0.3 is 0 Å². The Morgan fingerprint density at radius 1 is 1.35 bits per heavy atom. The number of anilines is 1. The maximum absolute atomic E-state index is 11.9. The molecule has 0 spiro atoms. The van der Waals surface area contributed by atoms with Crippen molar-refractivity contribution in [1.82, 2.24) is 4.90 Å². The lowest BCUT2D eigenvalue weighted by Crippen LogP contribution is -2.22. The Balaban J connectivity index is 2.45. The summed E-state index contributed by atoms with van der Waals surface area (Å²) >= 11 is 4.97. The summed E-state index contributed by atoms with van der Waals surface area (Å²) in [6.45, 7) is 4.14. The van der Waals surface area contributed by atoms with Crippen LogP contribution in [-0.2, 0) is 4.79 Å². The zero-order valence-corrected chi connectivity index (χ0v) is 13.0. The Morgan fingerprint density at radius 2 is 2.05 bits per heavy atom. The van der Waals surface area contributed by atoms with Crippen molar-refractivity contribution in [3.05, 3.63) is 29.8 Å². The molecule has 0 fully saturated rings. The summed E-state index contributed by atoms with van der Waals surface area (Å²) in [4.78, 5) is 14.4. The second-order valence-electron chi connectivity index (χ2n) is 4.86. The number of thiocarbonyl (C=S) groups is 1. The van der Waals surface area contributed by atoms with E-state index >= 15 is 0 Å². The molecule has 0 atom stereocenters. The van der Waals surface area contributed by atoms with E-state index in [0.29, 0.717) is 22.7 Å². The molecule has 0 radical (unpaired) electrons. The topological polar surface area (TPSA) is 58.4 Å². The molecule has 0 aromatic heterocycles. The van der Waals surface area contributed by atoms with Gasteiger partial charge in [0.05, 0.1) is 5.69 Å². The smallest absolute Gasteiger partial charge is 0.224 e. The molecule has 110 valence electrons. The molecule has 0 aliphatic heterocycles. The standard InChI is InChI=1S/C15H23N3OS/c1-3-10-18(2)11-6-9-14(19)17-13-8-5-4-7-12(13)15(16)20/h4-5,7-8H,3,6,9-11H2,1-2H3,(H2,16,20)(H,17,19). The van der Waals surface area contributed by atoms with Gasteiger partial charge in [-0.1, -0.05) is 31.3 Å². The van der Waals surface area contributed by atoms with Crippen LogP contribution in [-0.4, -0.2) is 35.9 Å². The van der Waals surface area contributed by atoms with Crippen molar-refractivity contribution in [3.8, 4) is 0 Å². The number of nitrogens with zero attached hydrogens (tertiary/aromatic N) is 1. The molecule has 0 bridgehead atoms. The third-order valence-corrected chi connectivity index (χ3v) is 3.24. The molecule has 3 N–H and O–H groups in total. The highest BCUT2D eigenvalue weighted by molar-refractivity contribution is 7.80. The zero-order valence-electron chi connectivity index (χ0n) is 12.2. The Labute approximate surface area is 126 Å². The van der Waals surface area contributed by atoms with Crippen LogP contribution < -0.4 is 11.1 Å². The maximum Gasteiger partial charge on any atom is 0.224 e. The number of benzene rings is 1. The van der Waals surface area contributed by atoms with Gasteiger partial charge in [0.2, 0.25) is 5.91 Å². The molecular weight excluding hydrogens is 270 g/mol. The third-order valence-electron chi connectivity index (χ3n) is 3.02. The number of nitrogens with one attached hydrogen (secondary N) is 1. The average molecular weight is 293 g/mol. The van der Waals surface area contributed by atoms with Crippen LogP contribution in [0.3, 0.4) is 0 Å². The number of hydrogen-bond donors (Lipinski definition) is 2. The molecule has 0 unspecified atom stereocenters. The maximum atomic E-state index is 11.9. The van der Waals surface area contributed by atoms with Gasteiger partial charge in [0.15, 0.2) is 0 Å². The highest BCUT2D eigenvalue weighted by atomic mass is 32.1. The second-order valence-corrected chi connectivity index (χ2v) is 5.30. The Morgan fingerprint density at radius 3 is 2.70 bits per heavy atom. The summed E-state index contributed by atoms with van der Waals surface area (Å²) in [5.41, 5.74) is 7.03. The van der Waals surface area contributed by atoms with E-state index in [1.54, 1.807) is 0 Å². The first-order chi connectivity index (χ1) is 9.54. The first-order valence-electron chi connectivity index (χ1n) is 6.91. The van der Waals surface area contributed by atoms with Gasteiger partial charge in [-0.25, -0.2) is 0 Å². The first kappa shape index (κ1) is 16.6. The molecule has 0 heterocycles. The van der Waals surface area contributed by atoms with Crippen LogP contribution >= 0.6 is 12.2 Å². The molecular formula is C15H23N3OS. The number of carbonyl (C=O) groups is 1. The quantitative estimate of drug-likeness (QED) is 0.723. The Bertz CT molecular complexity index is 462. The summed E-state index contributed by atoms with van der Waals surface area (Å²) in [6.07, 6.45) is 2.47. The number of rotatable bonds is 8. The van der Waals surface area contributed by atoms with Crippen molar-refractivity contribution in [1.29, 1.82) is 0 Å². The zero-order chi connectivity index (χ0) is 15.0. The lowest BCUT2D eigenvalue weighted by molar-refractivity contribution is -0.116. The summed E-state index contributed by atoms with van der Waals surface area (Å²) < 4.78 is 0. The fourth-order valence-electron chi connectivity index (χ4n) is 2.02. The molecule has 0 aliphatic rings. The van der Waals surface area contributed by atoms with Gasteiger partial charge in [-0.3, -0.25) is 4.79 Å². The highest BCUT2D eigenvalue weighted by Crippen LogP contribution is 2.15. The monoisotopic (exact) mass is 293 g/mol. The molecule has 1 aromatic carbocycles. The van der Waals surface area contributed by atoms with Crippen LogP contribution in [0.25, 0.3) is 0 Å². The van der Waals surface area contributed by atoms with Gasteiger partial charge < -0.3 is 16.0 Å². The van der Waals surface area contributed by atoms with E-state index in [0.717, 1.165) is 25.9 Å². The summed E-state index contributed by atoms with van der Waals surface area (Å²) in [5.74, 6) is -0.00130. The van der Waals surface area contributed by atoms with Gasteiger partial charge in [0.25, 0.3) is 0 Å². The molecule has 1 rings (SSSR count). The lowest BCUT2D eigenvalue weighted by atomic mass is 10.1. The van der Waals surface area contributed by atoms with Crippen LogP contribution in [0.4, 0.5) is 5.69 Å². The average Bonchev–Trinajstić information content (AvgIpc) is 2.39. The van der Waals surface area contributed by atoms with Crippen LogP contribution in [0.15, 0.2) is 24.3 Å². The second kappa shape index (κ2) is 8.66. The molecule has 1 amide bonds. The highest BCUT2D eigenvalue weighted by Gasteiger charge is 2.08. The van der Waals surface area contributed by atoms with Crippen LogP contribution in [0.5, 0.6) is 0 Å². The molecule has 0 saturated carbocycles. The number of nitrogens with two attached hydrogens (primary N) is 1. The van der Waals surface area contributed by atoms with Gasteiger partial charge in [0.1, 0.15) is 4.99 Å². The molecule has 0 saturated heterocycles. The minimum atomic E-state index is -0.00130. The van der Waals surface area contributed by atoms with Crippen LogP contribution in [0, 0.1) is 0 Å². The molecule has 4 nitrogen and oxygen atoms in total. The summed E-state index contributed by atoms with van der Waals surface area (Å²) in [7, 11) is 2.07. The third kappa shape index (κ3) is 5.67. The molecule has 0 aliphatic carbocycles. The minimum absolute atomic E-state index is 0.00130. The van der Waals surface area contributed by atoms with Crippen molar-refractivity contribution in [3.63, 3.8) is 0 Å². The Kier molecular flexibility index (Phi) is 7.18. The van der Waals surface area contributed by atoms with E-state index in [2.05, 4.69) is 24.2 Å². The number of amides is 1. The molecule has 20 heavy (non-hydrogen) atoms. The van der Waals surface area contributed by atoms with Gasteiger partial charge in [-0.2, -0.15) is 0 Å². The fraction of sp³-hybridized carbons (Fsp3) is 0.467. The number of para-hydroxylation sites is 1. The molecule has 1 aromatic rings. The number of hydrogen-bond acceptors (Lipinski definition) is 3. The summed E-state index contributed by atoms with van der Waals surface area (Å²) in [6, 6.07) is 7.33. The van der Waals surface area contributed by atoms with Crippen molar-refractivity contribution >= 4 is 28.8 Å². The van der Waals surface area contributed by atoms with E-state index in [1.807, 2.05) is 24.3 Å².